The first-order valence-electron chi connectivity index (χ1n) is 7.65. The number of likely N-dealkylation sites (tertiary alicyclic amines) is 1. The third-order valence-corrected chi connectivity index (χ3v) is 8.12. The van der Waals surface area contributed by atoms with Crippen molar-refractivity contribution in [1.29, 1.82) is 0 Å². The van der Waals surface area contributed by atoms with Gasteiger partial charge in [0.15, 0.2) is 0 Å². The number of hydrogen-bond donors (Lipinski definition) is 0. The van der Waals surface area contributed by atoms with Crippen LogP contribution in [0.3, 0.4) is 0 Å². The molecule has 2 rings (SSSR count). The average Bonchev–Trinajstić information content (AvgIpc) is 2.45. The van der Waals surface area contributed by atoms with Gasteiger partial charge in [-0.3, -0.25) is 4.90 Å². The highest BCUT2D eigenvalue weighted by Gasteiger charge is 2.54. The van der Waals surface area contributed by atoms with Gasteiger partial charge in [-0.05, 0) is 31.8 Å². The molecule has 2 aliphatic rings. The van der Waals surface area contributed by atoms with Gasteiger partial charge in [0.25, 0.3) is 0 Å². The SMILES string of the molecule is CO[Si](OC)(OC)C1CCN1CCC1CCCCC1. The van der Waals surface area contributed by atoms with Crippen LogP contribution in [0.5, 0.6) is 0 Å². The maximum Gasteiger partial charge on any atom is 0.518 e. The predicted molar refractivity (Wildman–Crippen MR) is 78.0 cm³/mol. The van der Waals surface area contributed by atoms with Crippen molar-refractivity contribution < 1.29 is 13.3 Å². The molecule has 1 aliphatic heterocycles. The number of hydrogen-bond acceptors (Lipinski definition) is 4. The monoisotopic (exact) mass is 287 g/mol. The zero-order valence-corrected chi connectivity index (χ0v) is 13.7. The lowest BCUT2D eigenvalue weighted by Gasteiger charge is -2.47. The average molecular weight is 287 g/mol. The topological polar surface area (TPSA) is 30.9 Å². The summed E-state index contributed by atoms with van der Waals surface area (Å²) < 4.78 is 16.8. The van der Waals surface area contributed by atoms with Crippen LogP contribution in [0.2, 0.25) is 0 Å². The first-order valence-corrected chi connectivity index (χ1v) is 9.45. The van der Waals surface area contributed by atoms with Crippen LogP contribution in [-0.4, -0.2) is 53.8 Å². The standard InChI is InChI=1S/C14H29NO3Si/c1-16-19(17-2,18-3)14-10-12-15(14)11-9-13-7-5-4-6-8-13/h13-14H,4-12H2,1-3H3. The molecule has 112 valence electrons. The van der Waals surface area contributed by atoms with E-state index in [9.17, 15) is 0 Å². The highest BCUT2D eigenvalue weighted by Crippen LogP contribution is 2.31. The lowest BCUT2D eigenvalue weighted by Crippen LogP contribution is -2.67. The van der Waals surface area contributed by atoms with Crippen LogP contribution in [0, 0.1) is 5.92 Å². The summed E-state index contributed by atoms with van der Waals surface area (Å²) >= 11 is 0. The van der Waals surface area contributed by atoms with Gasteiger partial charge in [0.2, 0.25) is 0 Å². The van der Waals surface area contributed by atoms with Crippen molar-refractivity contribution in [2.24, 2.45) is 5.92 Å². The molecule has 4 nitrogen and oxygen atoms in total. The zero-order valence-electron chi connectivity index (χ0n) is 12.7. The van der Waals surface area contributed by atoms with Gasteiger partial charge in [0.1, 0.15) is 0 Å². The lowest BCUT2D eigenvalue weighted by atomic mass is 9.87. The Kier molecular flexibility index (Phi) is 5.83. The fourth-order valence-electron chi connectivity index (χ4n) is 3.59. The smallest absolute Gasteiger partial charge is 0.376 e. The van der Waals surface area contributed by atoms with Crippen LogP contribution >= 0.6 is 0 Å². The first-order chi connectivity index (χ1) is 9.25. The highest BCUT2D eigenvalue weighted by atomic mass is 28.4. The summed E-state index contributed by atoms with van der Waals surface area (Å²) in [5.41, 5.74) is 0.371. The largest absolute Gasteiger partial charge is 0.518 e. The van der Waals surface area contributed by atoms with E-state index in [1.165, 1.54) is 51.6 Å². The Bertz CT molecular complexity index is 259. The Morgan fingerprint density at radius 2 is 1.58 bits per heavy atom. The number of nitrogens with zero attached hydrogens (tertiary/aromatic N) is 1. The molecule has 0 radical (unpaired) electrons. The Balaban J connectivity index is 1.80. The van der Waals surface area contributed by atoms with Gasteiger partial charge in [0, 0.05) is 21.3 Å². The lowest BCUT2D eigenvalue weighted by molar-refractivity contribution is 0.0287. The van der Waals surface area contributed by atoms with Crippen LogP contribution in [0.4, 0.5) is 0 Å². The van der Waals surface area contributed by atoms with Gasteiger partial charge < -0.3 is 13.3 Å². The molecule has 0 N–H and O–H groups in total. The van der Waals surface area contributed by atoms with Crippen molar-refractivity contribution in [2.75, 3.05) is 34.4 Å². The van der Waals surface area contributed by atoms with E-state index in [1.807, 2.05) is 0 Å². The molecule has 1 unspecified atom stereocenters. The second kappa shape index (κ2) is 7.18. The van der Waals surface area contributed by atoms with Gasteiger partial charge in [0.05, 0.1) is 5.67 Å². The quantitative estimate of drug-likeness (QED) is 0.673. The summed E-state index contributed by atoms with van der Waals surface area (Å²) in [6, 6.07) is 0. The summed E-state index contributed by atoms with van der Waals surface area (Å²) in [5.74, 6) is 0.943. The molecular weight excluding hydrogens is 258 g/mol. The van der Waals surface area contributed by atoms with Crippen LogP contribution in [0.15, 0.2) is 0 Å². The van der Waals surface area contributed by atoms with E-state index in [1.54, 1.807) is 21.3 Å². The normalized spacial score (nSPS) is 26.4. The Morgan fingerprint density at radius 3 is 2.05 bits per heavy atom. The van der Waals surface area contributed by atoms with Gasteiger partial charge in [-0.15, -0.1) is 0 Å². The molecule has 0 spiro atoms. The molecule has 5 heteroatoms. The fourth-order valence-corrected chi connectivity index (χ4v) is 6.10. The highest BCUT2D eigenvalue weighted by molar-refractivity contribution is 6.62. The molecule has 0 aromatic carbocycles. The van der Waals surface area contributed by atoms with Crippen LogP contribution < -0.4 is 0 Å². The van der Waals surface area contributed by atoms with E-state index in [0.717, 1.165) is 12.3 Å². The molecular formula is C14H29NO3Si. The maximum atomic E-state index is 5.62. The third kappa shape index (κ3) is 3.39. The van der Waals surface area contributed by atoms with Crippen LogP contribution in [-0.2, 0) is 13.3 Å². The van der Waals surface area contributed by atoms with E-state index in [0.29, 0.717) is 5.67 Å². The fraction of sp³-hybridized carbons (Fsp3) is 1.00. The zero-order chi connectivity index (χ0) is 13.7. The summed E-state index contributed by atoms with van der Waals surface area (Å²) in [7, 11) is 2.70. The van der Waals surface area contributed by atoms with Crippen molar-refractivity contribution in [1.82, 2.24) is 4.90 Å². The van der Waals surface area contributed by atoms with E-state index in [-0.39, 0.29) is 0 Å². The summed E-state index contributed by atoms with van der Waals surface area (Å²) in [4.78, 5) is 2.51. The molecule has 19 heavy (non-hydrogen) atoms. The Morgan fingerprint density at radius 1 is 0.947 bits per heavy atom. The predicted octanol–water partition coefficient (Wildman–Crippen LogP) is 2.45. The van der Waals surface area contributed by atoms with Crippen molar-refractivity contribution >= 4 is 8.80 Å². The minimum Gasteiger partial charge on any atom is -0.376 e. The first kappa shape index (κ1) is 15.4. The molecule has 2 fully saturated rings. The van der Waals surface area contributed by atoms with E-state index in [4.69, 9.17) is 13.3 Å². The minimum atomic E-state index is -2.46. The number of rotatable bonds is 7. The summed E-state index contributed by atoms with van der Waals surface area (Å²) in [5, 5.41) is 0. The Labute approximate surface area is 118 Å². The minimum absolute atomic E-state index is 0.371. The van der Waals surface area contributed by atoms with Crippen molar-refractivity contribution in [2.45, 2.75) is 50.6 Å². The molecule has 1 saturated carbocycles. The molecule has 0 amide bonds. The molecule has 0 aromatic heterocycles. The molecule has 1 saturated heterocycles. The van der Waals surface area contributed by atoms with Gasteiger partial charge >= 0.3 is 8.80 Å². The van der Waals surface area contributed by atoms with Crippen LogP contribution in [0.25, 0.3) is 0 Å². The molecule has 1 heterocycles. The Hall–Kier alpha value is 0.0569. The second-order valence-electron chi connectivity index (χ2n) is 5.85. The van der Waals surface area contributed by atoms with Crippen molar-refractivity contribution in [3.05, 3.63) is 0 Å². The second-order valence-corrected chi connectivity index (χ2v) is 8.95. The van der Waals surface area contributed by atoms with Gasteiger partial charge in [-0.1, -0.05) is 32.1 Å². The molecule has 0 aromatic rings. The van der Waals surface area contributed by atoms with Gasteiger partial charge in [-0.25, -0.2) is 0 Å². The molecule has 0 bridgehead atoms. The van der Waals surface area contributed by atoms with E-state index < -0.39 is 8.80 Å². The van der Waals surface area contributed by atoms with E-state index in [2.05, 4.69) is 4.90 Å². The van der Waals surface area contributed by atoms with Crippen molar-refractivity contribution in [3.8, 4) is 0 Å². The van der Waals surface area contributed by atoms with Crippen molar-refractivity contribution in [3.63, 3.8) is 0 Å². The summed E-state index contributed by atoms with van der Waals surface area (Å²) in [6.07, 6.45) is 9.64. The molecule has 1 atom stereocenters. The van der Waals surface area contributed by atoms with Gasteiger partial charge in [-0.2, -0.15) is 0 Å². The summed E-state index contributed by atoms with van der Waals surface area (Å²) in [6.45, 7) is 2.35. The van der Waals surface area contributed by atoms with Crippen LogP contribution in [0.1, 0.15) is 44.9 Å². The third-order valence-electron chi connectivity index (χ3n) is 4.94. The maximum absolute atomic E-state index is 5.62. The van der Waals surface area contributed by atoms with E-state index >= 15 is 0 Å². The molecule has 1 aliphatic carbocycles.